The Kier molecular flexibility index (Phi) is 6.81. The van der Waals surface area contributed by atoms with E-state index in [0.717, 1.165) is 30.9 Å². The summed E-state index contributed by atoms with van der Waals surface area (Å²) in [6, 6.07) is 1.87. The quantitative estimate of drug-likeness (QED) is 0.785. The zero-order valence-electron chi connectivity index (χ0n) is 12.5. The molecule has 1 aromatic rings. The third kappa shape index (κ3) is 5.57. The molecule has 0 aliphatic heterocycles. The molecule has 19 heavy (non-hydrogen) atoms. The second kappa shape index (κ2) is 8.12. The summed E-state index contributed by atoms with van der Waals surface area (Å²) in [5.41, 5.74) is 0.824. The first kappa shape index (κ1) is 15.9. The van der Waals surface area contributed by atoms with Gasteiger partial charge >= 0.3 is 0 Å². The van der Waals surface area contributed by atoms with Gasteiger partial charge in [0.1, 0.15) is 5.75 Å². The van der Waals surface area contributed by atoms with Crippen LogP contribution in [0, 0.1) is 0 Å². The lowest BCUT2D eigenvalue weighted by molar-refractivity contribution is 0.144. The molecule has 0 saturated heterocycles. The molecule has 0 saturated carbocycles. The van der Waals surface area contributed by atoms with Gasteiger partial charge in [0, 0.05) is 18.3 Å². The Labute approximate surface area is 116 Å². The molecular formula is C15H26N2O2. The van der Waals surface area contributed by atoms with Gasteiger partial charge in [-0.3, -0.25) is 4.98 Å². The van der Waals surface area contributed by atoms with Crippen LogP contribution in [0.5, 0.6) is 5.75 Å². The van der Waals surface area contributed by atoms with Crippen molar-refractivity contribution in [2.75, 3.05) is 19.6 Å². The summed E-state index contributed by atoms with van der Waals surface area (Å²) in [7, 11) is 0. The van der Waals surface area contributed by atoms with Gasteiger partial charge in [-0.2, -0.15) is 0 Å². The van der Waals surface area contributed by atoms with E-state index >= 15 is 0 Å². The molecule has 0 fully saturated rings. The molecule has 0 aliphatic carbocycles. The molecular weight excluding hydrogens is 240 g/mol. The van der Waals surface area contributed by atoms with Crippen LogP contribution in [0.1, 0.15) is 45.8 Å². The molecule has 1 aromatic heterocycles. The lowest BCUT2D eigenvalue weighted by Gasteiger charge is -2.20. The van der Waals surface area contributed by atoms with Crippen molar-refractivity contribution in [1.29, 1.82) is 0 Å². The summed E-state index contributed by atoms with van der Waals surface area (Å²) < 4.78 is 5.59. The van der Waals surface area contributed by atoms with Gasteiger partial charge in [-0.25, -0.2) is 0 Å². The van der Waals surface area contributed by atoms with E-state index in [4.69, 9.17) is 4.74 Å². The van der Waals surface area contributed by atoms with Gasteiger partial charge in [0.25, 0.3) is 0 Å². The highest BCUT2D eigenvalue weighted by Crippen LogP contribution is 2.21. The molecule has 108 valence electrons. The van der Waals surface area contributed by atoms with Crippen molar-refractivity contribution in [3.05, 3.63) is 24.0 Å². The average molecular weight is 266 g/mol. The molecule has 1 atom stereocenters. The zero-order valence-corrected chi connectivity index (χ0v) is 12.5. The molecule has 4 nitrogen and oxygen atoms in total. The molecule has 4 heteroatoms. The van der Waals surface area contributed by atoms with E-state index in [9.17, 15) is 5.11 Å². The average Bonchev–Trinajstić information content (AvgIpc) is 2.39. The Balaban J connectivity index is 2.58. The minimum Gasteiger partial charge on any atom is -0.489 e. The minimum atomic E-state index is -0.483. The second-order valence-corrected chi connectivity index (χ2v) is 4.95. The summed E-state index contributed by atoms with van der Waals surface area (Å²) in [5, 5.41) is 10.2. The van der Waals surface area contributed by atoms with Crippen molar-refractivity contribution in [3.8, 4) is 5.75 Å². The summed E-state index contributed by atoms with van der Waals surface area (Å²) in [6.45, 7) is 11.1. The Bertz CT molecular complexity index is 365. The van der Waals surface area contributed by atoms with Gasteiger partial charge in [-0.1, -0.05) is 13.8 Å². The van der Waals surface area contributed by atoms with E-state index in [-0.39, 0.29) is 6.10 Å². The highest BCUT2D eigenvalue weighted by molar-refractivity contribution is 5.25. The van der Waals surface area contributed by atoms with Crippen LogP contribution in [0.4, 0.5) is 0 Å². The normalized spacial score (nSPS) is 13.0. The minimum absolute atomic E-state index is 0.116. The first-order valence-electron chi connectivity index (χ1n) is 7.08. The number of ether oxygens (including phenoxy) is 1. The maximum atomic E-state index is 10.2. The molecule has 0 aliphatic rings. The fourth-order valence-electron chi connectivity index (χ4n) is 1.97. The number of aliphatic hydroxyl groups is 1. The van der Waals surface area contributed by atoms with Gasteiger partial charge < -0.3 is 14.7 Å². The van der Waals surface area contributed by atoms with Gasteiger partial charge in [-0.05, 0) is 39.4 Å². The predicted molar refractivity (Wildman–Crippen MR) is 77.4 cm³/mol. The number of aliphatic hydroxyl groups excluding tert-OH is 1. The van der Waals surface area contributed by atoms with Crippen molar-refractivity contribution in [2.24, 2.45) is 0 Å². The topological polar surface area (TPSA) is 45.6 Å². The van der Waals surface area contributed by atoms with Crippen LogP contribution in [-0.2, 0) is 0 Å². The largest absolute Gasteiger partial charge is 0.489 e. The van der Waals surface area contributed by atoms with E-state index in [2.05, 4.69) is 23.7 Å². The number of rotatable bonds is 8. The first-order valence-corrected chi connectivity index (χ1v) is 7.08. The molecule has 1 rings (SSSR count). The summed E-state index contributed by atoms with van der Waals surface area (Å²) >= 11 is 0. The van der Waals surface area contributed by atoms with Crippen molar-refractivity contribution in [2.45, 2.75) is 46.3 Å². The number of pyridine rings is 1. The van der Waals surface area contributed by atoms with Crippen LogP contribution in [-0.4, -0.2) is 40.7 Å². The molecule has 1 N–H and O–H groups in total. The van der Waals surface area contributed by atoms with Crippen LogP contribution < -0.4 is 4.74 Å². The van der Waals surface area contributed by atoms with Crippen molar-refractivity contribution >= 4 is 0 Å². The van der Waals surface area contributed by atoms with E-state index in [1.165, 1.54) is 0 Å². The number of hydrogen-bond donors (Lipinski definition) is 1. The van der Waals surface area contributed by atoms with Gasteiger partial charge in [0.05, 0.1) is 18.4 Å². The SMILES string of the molecule is CCN(CC)CCC(O)c1cncc(OC(C)C)c1. The molecule has 1 heterocycles. The van der Waals surface area contributed by atoms with Gasteiger partial charge in [0.15, 0.2) is 0 Å². The summed E-state index contributed by atoms with van der Waals surface area (Å²) in [5.74, 6) is 0.717. The third-order valence-corrected chi connectivity index (χ3v) is 3.10. The standard InChI is InChI=1S/C15H26N2O2/c1-5-17(6-2)8-7-15(18)13-9-14(11-16-10-13)19-12(3)4/h9-12,15,18H,5-8H2,1-4H3. The summed E-state index contributed by atoms with van der Waals surface area (Å²) in [6.07, 6.45) is 3.74. The Morgan fingerprint density at radius 3 is 2.53 bits per heavy atom. The fourth-order valence-corrected chi connectivity index (χ4v) is 1.97. The fraction of sp³-hybridized carbons (Fsp3) is 0.667. The lowest BCUT2D eigenvalue weighted by Crippen LogP contribution is -2.25. The van der Waals surface area contributed by atoms with Crippen LogP contribution in [0.15, 0.2) is 18.5 Å². The molecule has 0 aromatic carbocycles. The van der Waals surface area contributed by atoms with Crippen LogP contribution in [0.25, 0.3) is 0 Å². The van der Waals surface area contributed by atoms with Gasteiger partial charge in [0.2, 0.25) is 0 Å². The van der Waals surface area contributed by atoms with E-state index in [0.29, 0.717) is 6.42 Å². The monoisotopic (exact) mass is 266 g/mol. The van der Waals surface area contributed by atoms with Crippen molar-refractivity contribution < 1.29 is 9.84 Å². The second-order valence-electron chi connectivity index (χ2n) is 4.95. The smallest absolute Gasteiger partial charge is 0.138 e. The number of hydrogen-bond acceptors (Lipinski definition) is 4. The highest BCUT2D eigenvalue weighted by atomic mass is 16.5. The lowest BCUT2D eigenvalue weighted by atomic mass is 10.1. The Hall–Kier alpha value is -1.13. The van der Waals surface area contributed by atoms with Gasteiger partial charge in [-0.15, -0.1) is 0 Å². The van der Waals surface area contributed by atoms with Crippen LogP contribution in [0.2, 0.25) is 0 Å². The number of nitrogens with zero attached hydrogens (tertiary/aromatic N) is 2. The maximum Gasteiger partial charge on any atom is 0.138 e. The Morgan fingerprint density at radius 1 is 1.26 bits per heavy atom. The highest BCUT2D eigenvalue weighted by Gasteiger charge is 2.11. The molecule has 0 bridgehead atoms. The van der Waals surface area contributed by atoms with E-state index in [1.54, 1.807) is 12.4 Å². The maximum absolute atomic E-state index is 10.2. The van der Waals surface area contributed by atoms with Crippen molar-refractivity contribution in [1.82, 2.24) is 9.88 Å². The molecule has 0 amide bonds. The first-order chi connectivity index (χ1) is 9.06. The van der Waals surface area contributed by atoms with Crippen LogP contribution in [0.3, 0.4) is 0 Å². The van der Waals surface area contributed by atoms with Crippen LogP contribution >= 0.6 is 0 Å². The predicted octanol–water partition coefficient (Wildman–Crippen LogP) is 2.63. The van der Waals surface area contributed by atoms with E-state index in [1.807, 2.05) is 19.9 Å². The molecule has 0 spiro atoms. The zero-order chi connectivity index (χ0) is 14.3. The number of aromatic nitrogens is 1. The summed E-state index contributed by atoms with van der Waals surface area (Å²) in [4.78, 5) is 6.42. The molecule has 1 unspecified atom stereocenters. The van der Waals surface area contributed by atoms with Crippen molar-refractivity contribution in [3.63, 3.8) is 0 Å². The van der Waals surface area contributed by atoms with E-state index < -0.39 is 6.10 Å². The Morgan fingerprint density at radius 2 is 1.95 bits per heavy atom. The third-order valence-electron chi connectivity index (χ3n) is 3.10. The molecule has 0 radical (unpaired) electrons.